The van der Waals surface area contributed by atoms with Gasteiger partial charge in [-0.2, -0.15) is 0 Å². The van der Waals surface area contributed by atoms with Gasteiger partial charge < -0.3 is 9.94 Å². The molecule has 7 nitrogen and oxygen atoms in total. The Bertz CT molecular complexity index is 1130. The average Bonchev–Trinajstić information content (AvgIpc) is 2.75. The van der Waals surface area contributed by atoms with Crippen molar-refractivity contribution in [2.45, 2.75) is 26.7 Å². The van der Waals surface area contributed by atoms with Crippen molar-refractivity contribution in [3.05, 3.63) is 104 Å². The van der Waals surface area contributed by atoms with Gasteiger partial charge in [0.15, 0.2) is 0 Å². The van der Waals surface area contributed by atoms with Gasteiger partial charge >= 0.3 is 5.69 Å². The van der Waals surface area contributed by atoms with E-state index in [1.54, 1.807) is 37.3 Å². The third kappa shape index (κ3) is 4.17. The molecule has 3 aromatic rings. The van der Waals surface area contributed by atoms with Gasteiger partial charge in [-0.15, -0.1) is 0 Å². The summed E-state index contributed by atoms with van der Waals surface area (Å²) in [6.07, 6.45) is 0.130. The lowest BCUT2D eigenvalue weighted by molar-refractivity contribution is 0.0492. The van der Waals surface area contributed by atoms with Crippen molar-refractivity contribution in [3.8, 4) is 0 Å². The highest BCUT2D eigenvalue weighted by Crippen LogP contribution is 2.13. The molecule has 0 fully saturated rings. The highest BCUT2D eigenvalue weighted by Gasteiger charge is 2.24. The van der Waals surface area contributed by atoms with E-state index in [-0.39, 0.29) is 41.6 Å². The summed E-state index contributed by atoms with van der Waals surface area (Å²) >= 11 is 0. The fraction of sp³-hybridized carbons (Fsp3) is 0.190. The first kappa shape index (κ1) is 20.2. The summed E-state index contributed by atoms with van der Waals surface area (Å²) < 4.78 is 19.4. The molecule has 1 N–H and O–H groups in total. The minimum absolute atomic E-state index is 0.00587. The maximum Gasteiger partial charge on any atom is 0.366 e. The van der Waals surface area contributed by atoms with Crippen LogP contribution in [0.5, 0.6) is 0 Å². The van der Waals surface area contributed by atoms with Crippen molar-refractivity contribution in [3.63, 3.8) is 0 Å². The Kier molecular flexibility index (Phi) is 6.04. The molecule has 0 aliphatic rings. The van der Waals surface area contributed by atoms with Gasteiger partial charge in [-0.1, -0.05) is 54.1 Å². The van der Waals surface area contributed by atoms with E-state index in [9.17, 15) is 24.0 Å². The third-order valence-electron chi connectivity index (χ3n) is 4.43. The third-order valence-corrected chi connectivity index (χ3v) is 4.43. The molecule has 0 unspecified atom stereocenters. The zero-order chi connectivity index (χ0) is 21.0. The Morgan fingerprint density at radius 1 is 1.07 bits per heavy atom. The largest absolute Gasteiger partial charge is 0.421 e. The van der Waals surface area contributed by atoms with E-state index in [0.29, 0.717) is 11.1 Å². The first-order chi connectivity index (χ1) is 13.9. The number of ether oxygens (including phenoxy) is 1. The van der Waals surface area contributed by atoms with Crippen LogP contribution in [-0.4, -0.2) is 20.3 Å². The Labute approximate surface area is 165 Å². The molecule has 0 bridgehead atoms. The zero-order valence-corrected chi connectivity index (χ0v) is 15.7. The molecule has 0 spiro atoms. The highest BCUT2D eigenvalue weighted by atomic mass is 19.1. The van der Waals surface area contributed by atoms with Crippen LogP contribution in [0.25, 0.3) is 0 Å². The molecule has 1 aromatic heterocycles. The molecule has 0 radical (unpaired) electrons. The molecule has 0 atom stereocenters. The van der Waals surface area contributed by atoms with Gasteiger partial charge in [0.25, 0.3) is 5.56 Å². The minimum Gasteiger partial charge on any atom is -0.421 e. The topological polar surface area (TPSA) is 90.5 Å². The number of rotatable bonds is 7. The Hall–Kier alpha value is -3.52. The lowest BCUT2D eigenvalue weighted by Crippen LogP contribution is -2.44. The summed E-state index contributed by atoms with van der Waals surface area (Å²) in [5.41, 5.74) is -1.19. The van der Waals surface area contributed by atoms with E-state index in [4.69, 9.17) is 4.74 Å². The van der Waals surface area contributed by atoms with E-state index < -0.39 is 17.0 Å². The summed E-state index contributed by atoms with van der Waals surface area (Å²) in [5.74, 6) is -0.914. The molecule has 0 saturated carbocycles. The van der Waals surface area contributed by atoms with Gasteiger partial charge in [0, 0.05) is 11.1 Å². The molecular formula is C21H19FN2O5. The van der Waals surface area contributed by atoms with Crippen LogP contribution in [0.4, 0.5) is 4.39 Å². The van der Waals surface area contributed by atoms with Crippen molar-refractivity contribution in [2.75, 3.05) is 0 Å². The monoisotopic (exact) mass is 398 g/mol. The second kappa shape index (κ2) is 8.66. The van der Waals surface area contributed by atoms with Gasteiger partial charge in [-0.3, -0.25) is 14.2 Å². The van der Waals surface area contributed by atoms with Gasteiger partial charge in [-0.05, 0) is 24.1 Å². The molecular weight excluding hydrogens is 379 g/mol. The summed E-state index contributed by atoms with van der Waals surface area (Å²) in [6.45, 7) is 1.31. The van der Waals surface area contributed by atoms with Crippen LogP contribution in [0.2, 0.25) is 0 Å². The standard InChI is InChI=1S/C21H19FN2O5/c1-2-17-18(19(25)15-6-4-3-5-7-15)23(21(27)24(28)20(17)26)13-29-12-14-8-10-16(22)11-9-14/h3-11,28H,2,12-13H2,1H3. The first-order valence-electron chi connectivity index (χ1n) is 8.94. The molecule has 3 rings (SSSR count). The number of hydrogen-bond acceptors (Lipinski definition) is 5. The molecule has 150 valence electrons. The maximum absolute atomic E-state index is 13.0. The van der Waals surface area contributed by atoms with Crippen LogP contribution >= 0.6 is 0 Å². The molecule has 8 heteroatoms. The van der Waals surface area contributed by atoms with Crippen LogP contribution in [0.1, 0.15) is 34.1 Å². The fourth-order valence-electron chi connectivity index (χ4n) is 2.95. The van der Waals surface area contributed by atoms with Crippen molar-refractivity contribution in [1.82, 2.24) is 9.30 Å². The van der Waals surface area contributed by atoms with Gasteiger partial charge in [-0.25, -0.2) is 9.18 Å². The van der Waals surface area contributed by atoms with Crippen LogP contribution in [0.15, 0.2) is 64.2 Å². The number of nitrogens with zero attached hydrogens (tertiary/aromatic N) is 2. The van der Waals surface area contributed by atoms with Crippen LogP contribution in [0, 0.1) is 5.82 Å². The predicted octanol–water partition coefficient (Wildman–Crippen LogP) is 2.35. The number of benzene rings is 2. The number of carbonyl (C=O) groups excluding carboxylic acids is 1. The fourth-order valence-corrected chi connectivity index (χ4v) is 2.95. The summed E-state index contributed by atoms with van der Waals surface area (Å²) in [6, 6.07) is 13.8. The number of ketones is 1. The SMILES string of the molecule is CCc1c(C(=O)c2ccccc2)n(COCc2ccc(F)cc2)c(=O)n(O)c1=O. The van der Waals surface area contributed by atoms with Gasteiger partial charge in [0.1, 0.15) is 18.2 Å². The molecule has 0 aliphatic heterocycles. The first-order valence-corrected chi connectivity index (χ1v) is 8.94. The predicted molar refractivity (Wildman–Crippen MR) is 103 cm³/mol. The molecule has 2 aromatic carbocycles. The average molecular weight is 398 g/mol. The number of carbonyl (C=O) groups is 1. The van der Waals surface area contributed by atoms with Crippen molar-refractivity contribution in [2.24, 2.45) is 0 Å². The summed E-state index contributed by atoms with van der Waals surface area (Å²) in [5, 5.41) is 9.89. The summed E-state index contributed by atoms with van der Waals surface area (Å²) in [4.78, 5) is 37.9. The maximum atomic E-state index is 13.0. The second-order valence-corrected chi connectivity index (χ2v) is 6.31. The molecule has 29 heavy (non-hydrogen) atoms. The van der Waals surface area contributed by atoms with Crippen molar-refractivity contribution >= 4 is 5.78 Å². The van der Waals surface area contributed by atoms with E-state index >= 15 is 0 Å². The van der Waals surface area contributed by atoms with Crippen LogP contribution < -0.4 is 11.2 Å². The lowest BCUT2D eigenvalue weighted by atomic mass is 10.0. The summed E-state index contributed by atoms with van der Waals surface area (Å²) in [7, 11) is 0. The number of aromatic nitrogens is 2. The van der Waals surface area contributed by atoms with Gasteiger partial charge in [0.05, 0.1) is 6.61 Å². The number of halogens is 1. The van der Waals surface area contributed by atoms with Gasteiger partial charge in [0.2, 0.25) is 5.78 Å². The van der Waals surface area contributed by atoms with Crippen LogP contribution in [0.3, 0.4) is 0 Å². The van der Waals surface area contributed by atoms with Crippen molar-refractivity contribution in [1.29, 1.82) is 0 Å². The lowest BCUT2D eigenvalue weighted by Gasteiger charge is -2.16. The minimum atomic E-state index is -1.08. The Balaban J connectivity index is 2.01. The zero-order valence-electron chi connectivity index (χ0n) is 15.7. The van der Waals surface area contributed by atoms with E-state index in [1.165, 1.54) is 24.3 Å². The van der Waals surface area contributed by atoms with E-state index in [1.807, 2.05) is 0 Å². The second-order valence-electron chi connectivity index (χ2n) is 6.31. The molecule has 0 aliphatic carbocycles. The number of hydrogen-bond donors (Lipinski definition) is 1. The smallest absolute Gasteiger partial charge is 0.366 e. The highest BCUT2D eigenvalue weighted by molar-refractivity contribution is 6.08. The molecule has 0 amide bonds. The Morgan fingerprint density at radius 3 is 2.34 bits per heavy atom. The van der Waals surface area contributed by atoms with E-state index in [0.717, 1.165) is 4.57 Å². The van der Waals surface area contributed by atoms with Crippen LogP contribution in [-0.2, 0) is 24.5 Å². The van der Waals surface area contributed by atoms with E-state index in [2.05, 4.69) is 0 Å². The quantitative estimate of drug-likeness (QED) is 0.487. The normalized spacial score (nSPS) is 10.8. The Morgan fingerprint density at radius 2 is 1.72 bits per heavy atom. The molecule has 0 saturated heterocycles. The molecule has 1 heterocycles. The van der Waals surface area contributed by atoms with Crippen molar-refractivity contribution < 1.29 is 19.1 Å².